The second-order valence-electron chi connectivity index (χ2n) is 8.10. The van der Waals surface area contributed by atoms with Gasteiger partial charge in [-0.15, -0.1) is 0 Å². The Labute approximate surface area is 209 Å². The fourth-order valence-corrected chi connectivity index (χ4v) is 5.72. The maximum Gasteiger partial charge on any atom is 0.267 e. The number of hydrogen-bond donors (Lipinski definition) is 2. The monoisotopic (exact) mass is 531 g/mol. The van der Waals surface area contributed by atoms with E-state index < -0.39 is 32.1 Å². The fraction of sp³-hybridized carbons (Fsp3) is 0.261. The Balaban J connectivity index is 1.49. The van der Waals surface area contributed by atoms with Crippen LogP contribution >= 0.6 is 0 Å². The minimum atomic E-state index is -3.96. The maximum absolute atomic E-state index is 12.9. The Morgan fingerprint density at radius 3 is 2.31 bits per heavy atom. The summed E-state index contributed by atoms with van der Waals surface area (Å²) in [6.07, 6.45) is -1.10. The lowest BCUT2D eigenvalue weighted by Crippen LogP contribution is -2.49. The van der Waals surface area contributed by atoms with Crippen LogP contribution in [0.2, 0.25) is 0 Å². The maximum atomic E-state index is 12.9. The van der Waals surface area contributed by atoms with Gasteiger partial charge in [-0.2, -0.15) is 0 Å². The van der Waals surface area contributed by atoms with Crippen molar-refractivity contribution in [2.24, 2.45) is 0 Å². The minimum Gasteiger partial charge on any atom is -0.476 e. The van der Waals surface area contributed by atoms with E-state index >= 15 is 0 Å². The molecule has 0 aliphatic carbocycles. The van der Waals surface area contributed by atoms with Gasteiger partial charge < -0.3 is 10.1 Å². The van der Waals surface area contributed by atoms with Crippen molar-refractivity contribution in [1.82, 2.24) is 9.97 Å². The number of carbonyl (C=O) groups is 1. The number of nitrogens with zero attached hydrogens (tertiary/aromatic N) is 3. The topological polar surface area (TPSA) is 148 Å². The van der Waals surface area contributed by atoms with Crippen LogP contribution in [0.3, 0.4) is 0 Å². The van der Waals surface area contributed by atoms with E-state index in [1.54, 1.807) is 44.2 Å². The van der Waals surface area contributed by atoms with E-state index in [0.717, 1.165) is 0 Å². The first-order valence-electron chi connectivity index (χ1n) is 11.0. The molecule has 1 aromatic heterocycles. The van der Waals surface area contributed by atoms with E-state index in [9.17, 15) is 21.6 Å². The van der Waals surface area contributed by atoms with Gasteiger partial charge in [0.2, 0.25) is 16.0 Å². The van der Waals surface area contributed by atoms with Crippen molar-refractivity contribution >= 4 is 43.3 Å². The summed E-state index contributed by atoms with van der Waals surface area (Å²) in [5.74, 6) is -0.460. The van der Waals surface area contributed by atoms with Crippen molar-refractivity contribution in [1.29, 1.82) is 0 Å². The highest BCUT2D eigenvalue weighted by Gasteiger charge is 2.36. The number of fused-ring (bicyclic) bond motifs is 1. The summed E-state index contributed by atoms with van der Waals surface area (Å²) in [6, 6.07) is 13.8. The van der Waals surface area contributed by atoms with Gasteiger partial charge in [0.25, 0.3) is 15.9 Å². The summed E-state index contributed by atoms with van der Waals surface area (Å²) >= 11 is 0. The molecule has 2 aromatic carbocycles. The van der Waals surface area contributed by atoms with Crippen LogP contribution in [0.15, 0.2) is 59.5 Å². The van der Waals surface area contributed by atoms with Crippen LogP contribution in [-0.2, 0) is 24.8 Å². The molecule has 1 atom stereocenters. The highest BCUT2D eigenvalue weighted by Crippen LogP contribution is 2.35. The molecule has 0 spiro atoms. The molecule has 2 heterocycles. The number of anilines is 3. The molecule has 1 amide bonds. The number of para-hydroxylation sites is 2. The zero-order valence-corrected chi connectivity index (χ0v) is 21.4. The molecule has 0 saturated carbocycles. The smallest absolute Gasteiger partial charge is 0.267 e. The number of sulfonamides is 2. The van der Waals surface area contributed by atoms with Gasteiger partial charge in [-0.25, -0.2) is 31.5 Å². The van der Waals surface area contributed by atoms with Gasteiger partial charge >= 0.3 is 0 Å². The molecule has 0 saturated heterocycles. The number of carbonyl (C=O) groups excluding carboxylic acids is 1. The third-order valence-corrected chi connectivity index (χ3v) is 8.46. The minimum absolute atomic E-state index is 0.0359. The molecule has 13 heteroatoms. The number of aryl methyl sites for hydroxylation is 2. The number of nitrogens with one attached hydrogen (secondary N) is 2. The van der Waals surface area contributed by atoms with Crippen molar-refractivity contribution < 1.29 is 26.4 Å². The standard InChI is InChI=1S/C23H25N5O6S2/c1-4-35(30,31)28-14-21(34-20-8-6-5-7-19(20)28)22(29)26-17-9-11-18(12-10-17)36(32,33)27-23-24-15(2)13-16(3)25-23/h5-13,21H,4,14H2,1-3H3,(H,26,29)(H,24,25,27)/t21-/m1/s1. The molecule has 0 fully saturated rings. The molecule has 3 aromatic rings. The summed E-state index contributed by atoms with van der Waals surface area (Å²) < 4.78 is 59.9. The van der Waals surface area contributed by atoms with Crippen molar-refractivity contribution in [2.75, 3.05) is 26.6 Å². The van der Waals surface area contributed by atoms with E-state index in [0.29, 0.717) is 22.8 Å². The summed E-state index contributed by atoms with van der Waals surface area (Å²) in [5.41, 5.74) is 1.93. The predicted octanol–water partition coefficient (Wildman–Crippen LogP) is 2.45. The van der Waals surface area contributed by atoms with E-state index in [4.69, 9.17) is 4.74 Å². The molecule has 0 bridgehead atoms. The molecule has 1 aliphatic rings. The summed E-state index contributed by atoms with van der Waals surface area (Å²) in [6.45, 7) is 4.80. The predicted molar refractivity (Wildman–Crippen MR) is 135 cm³/mol. The molecule has 36 heavy (non-hydrogen) atoms. The van der Waals surface area contributed by atoms with Crippen LogP contribution in [0.1, 0.15) is 18.3 Å². The fourth-order valence-electron chi connectivity index (χ4n) is 3.65. The zero-order chi connectivity index (χ0) is 26.1. The van der Waals surface area contributed by atoms with Crippen LogP contribution in [0, 0.1) is 13.8 Å². The molecule has 2 N–H and O–H groups in total. The first-order chi connectivity index (χ1) is 17.0. The van der Waals surface area contributed by atoms with Gasteiger partial charge in [0.05, 0.1) is 22.9 Å². The number of aromatic nitrogens is 2. The third kappa shape index (κ3) is 5.41. The molecule has 1 aliphatic heterocycles. The molecular formula is C23H25N5O6S2. The van der Waals surface area contributed by atoms with E-state index in [2.05, 4.69) is 20.0 Å². The van der Waals surface area contributed by atoms with Crippen molar-refractivity contribution in [2.45, 2.75) is 31.8 Å². The highest BCUT2D eigenvalue weighted by molar-refractivity contribution is 7.93. The second kappa shape index (κ2) is 9.74. The quantitative estimate of drug-likeness (QED) is 0.472. The SMILES string of the molecule is CCS(=O)(=O)N1C[C@H](C(=O)Nc2ccc(S(=O)(=O)Nc3nc(C)cc(C)n3)cc2)Oc2ccccc21. The number of benzene rings is 2. The van der Waals surface area contributed by atoms with Crippen molar-refractivity contribution in [3.05, 3.63) is 66.0 Å². The number of ether oxygens (including phenoxy) is 1. The van der Waals surface area contributed by atoms with Crippen LogP contribution in [0.4, 0.5) is 17.3 Å². The number of amides is 1. The van der Waals surface area contributed by atoms with Gasteiger partial charge in [0, 0.05) is 17.1 Å². The lowest BCUT2D eigenvalue weighted by Gasteiger charge is -2.34. The molecule has 4 rings (SSSR count). The highest BCUT2D eigenvalue weighted by atomic mass is 32.2. The zero-order valence-electron chi connectivity index (χ0n) is 19.8. The largest absolute Gasteiger partial charge is 0.476 e. The van der Waals surface area contributed by atoms with E-state index in [1.165, 1.54) is 35.5 Å². The van der Waals surface area contributed by atoms with Gasteiger partial charge in [-0.05, 0) is 63.2 Å². The molecule has 0 unspecified atom stereocenters. The second-order valence-corrected chi connectivity index (χ2v) is 12.0. The van der Waals surface area contributed by atoms with Crippen LogP contribution in [0.5, 0.6) is 5.75 Å². The van der Waals surface area contributed by atoms with Gasteiger partial charge in [0.1, 0.15) is 5.75 Å². The summed E-state index contributed by atoms with van der Waals surface area (Å²) in [7, 11) is -7.60. The first kappa shape index (κ1) is 25.4. The lowest BCUT2D eigenvalue weighted by atomic mass is 10.2. The van der Waals surface area contributed by atoms with Crippen molar-refractivity contribution in [3.63, 3.8) is 0 Å². The summed E-state index contributed by atoms with van der Waals surface area (Å²) in [5, 5.41) is 2.65. The molecule has 190 valence electrons. The van der Waals surface area contributed by atoms with Gasteiger partial charge in [0.15, 0.2) is 6.10 Å². The van der Waals surface area contributed by atoms with Crippen molar-refractivity contribution in [3.8, 4) is 5.75 Å². The average molecular weight is 532 g/mol. The number of hydrogen-bond acceptors (Lipinski definition) is 8. The van der Waals surface area contributed by atoms with Gasteiger partial charge in [-0.1, -0.05) is 12.1 Å². The average Bonchev–Trinajstić information content (AvgIpc) is 2.82. The van der Waals surface area contributed by atoms with Crippen LogP contribution < -0.4 is 19.1 Å². The van der Waals surface area contributed by atoms with Crippen LogP contribution in [0.25, 0.3) is 0 Å². The molecule has 11 nitrogen and oxygen atoms in total. The molecular weight excluding hydrogens is 506 g/mol. The third-order valence-electron chi connectivity index (χ3n) is 5.37. The van der Waals surface area contributed by atoms with Gasteiger partial charge in [-0.3, -0.25) is 9.10 Å². The lowest BCUT2D eigenvalue weighted by molar-refractivity contribution is -0.122. The Bertz CT molecular complexity index is 1490. The Morgan fingerprint density at radius 1 is 1.03 bits per heavy atom. The van der Waals surface area contributed by atoms with E-state index in [-0.39, 0.29) is 28.9 Å². The Morgan fingerprint density at radius 2 is 1.67 bits per heavy atom. The summed E-state index contributed by atoms with van der Waals surface area (Å²) in [4.78, 5) is 21.0. The first-order valence-corrected chi connectivity index (χ1v) is 14.1. The van der Waals surface area contributed by atoms with E-state index in [1.807, 2.05) is 0 Å². The Kier molecular flexibility index (Phi) is 6.87. The molecule has 0 radical (unpaired) electrons. The normalized spacial score (nSPS) is 15.5. The van der Waals surface area contributed by atoms with Crippen LogP contribution in [-0.4, -0.2) is 51.1 Å². The number of rotatable bonds is 7. The Hall–Kier alpha value is -3.71.